The molecule has 2 fully saturated rings. The Labute approximate surface area is 165 Å². The van der Waals surface area contributed by atoms with Crippen LogP contribution in [0.25, 0.3) is 0 Å². The summed E-state index contributed by atoms with van der Waals surface area (Å²) in [7, 11) is 0. The van der Waals surface area contributed by atoms with Gasteiger partial charge in [0, 0.05) is 43.7 Å². The van der Waals surface area contributed by atoms with Gasteiger partial charge in [0.25, 0.3) is 0 Å². The number of hydrogen-bond donors (Lipinski definition) is 1. The van der Waals surface area contributed by atoms with Crippen LogP contribution < -0.4 is 0 Å². The SMILES string of the molecule is CC(C)OCC(=O)N1CCC2(CC1)CN(Cc1ccccc1F)CC2C(=O)O. The maximum Gasteiger partial charge on any atom is 0.308 e. The van der Waals surface area contributed by atoms with Gasteiger partial charge in [-0.15, -0.1) is 0 Å². The van der Waals surface area contributed by atoms with E-state index < -0.39 is 11.9 Å². The molecular formula is C21H29FN2O4. The lowest BCUT2D eigenvalue weighted by atomic mass is 9.71. The highest BCUT2D eigenvalue weighted by Crippen LogP contribution is 2.45. The lowest BCUT2D eigenvalue weighted by Gasteiger charge is -2.41. The molecule has 1 aromatic rings. The number of piperidine rings is 1. The van der Waals surface area contributed by atoms with Crippen LogP contribution in [0.1, 0.15) is 32.3 Å². The van der Waals surface area contributed by atoms with Gasteiger partial charge in [-0.2, -0.15) is 0 Å². The summed E-state index contributed by atoms with van der Waals surface area (Å²) in [6.07, 6.45) is 1.29. The summed E-state index contributed by atoms with van der Waals surface area (Å²) in [6.45, 7) is 6.35. The number of amides is 1. The first kappa shape index (κ1) is 20.7. The second kappa shape index (κ2) is 8.57. The fourth-order valence-corrected chi connectivity index (χ4v) is 4.44. The number of carboxylic acid groups (broad SMARTS) is 1. The van der Waals surface area contributed by atoms with Crippen LogP contribution in [0.2, 0.25) is 0 Å². The number of carbonyl (C=O) groups excluding carboxylic acids is 1. The smallest absolute Gasteiger partial charge is 0.308 e. The van der Waals surface area contributed by atoms with Crippen LogP contribution in [-0.2, 0) is 20.9 Å². The fraction of sp³-hybridized carbons (Fsp3) is 0.619. The third kappa shape index (κ3) is 4.52. The average molecular weight is 392 g/mol. The fourth-order valence-electron chi connectivity index (χ4n) is 4.44. The monoisotopic (exact) mass is 392 g/mol. The van der Waals surface area contributed by atoms with E-state index in [9.17, 15) is 19.1 Å². The summed E-state index contributed by atoms with van der Waals surface area (Å²) >= 11 is 0. The topological polar surface area (TPSA) is 70.1 Å². The zero-order valence-electron chi connectivity index (χ0n) is 16.6. The van der Waals surface area contributed by atoms with Crippen LogP contribution in [0.3, 0.4) is 0 Å². The summed E-state index contributed by atoms with van der Waals surface area (Å²) in [6, 6.07) is 6.62. The van der Waals surface area contributed by atoms with Gasteiger partial charge in [-0.25, -0.2) is 4.39 Å². The second-order valence-electron chi connectivity index (χ2n) is 8.25. The molecule has 0 radical (unpaired) electrons. The molecule has 1 unspecified atom stereocenters. The lowest BCUT2D eigenvalue weighted by Crippen LogP contribution is -2.48. The Balaban J connectivity index is 1.64. The van der Waals surface area contributed by atoms with Crippen LogP contribution in [0.4, 0.5) is 4.39 Å². The van der Waals surface area contributed by atoms with E-state index in [2.05, 4.69) is 0 Å². The molecule has 1 aromatic carbocycles. The van der Waals surface area contributed by atoms with Gasteiger partial charge >= 0.3 is 5.97 Å². The Bertz CT molecular complexity index is 716. The third-order valence-electron chi connectivity index (χ3n) is 6.02. The van der Waals surface area contributed by atoms with E-state index in [1.54, 1.807) is 23.1 Å². The highest BCUT2D eigenvalue weighted by molar-refractivity contribution is 5.77. The number of rotatable bonds is 6. The molecule has 1 atom stereocenters. The Kier molecular flexibility index (Phi) is 6.35. The lowest BCUT2D eigenvalue weighted by molar-refractivity contribution is -0.147. The molecule has 2 saturated heterocycles. The molecule has 2 heterocycles. The van der Waals surface area contributed by atoms with Gasteiger partial charge in [-0.05, 0) is 32.8 Å². The van der Waals surface area contributed by atoms with E-state index in [-0.39, 0.29) is 29.9 Å². The summed E-state index contributed by atoms with van der Waals surface area (Å²) in [5.41, 5.74) is 0.217. The first-order valence-corrected chi connectivity index (χ1v) is 9.89. The Hall–Kier alpha value is -1.99. The van der Waals surface area contributed by atoms with Crippen molar-refractivity contribution in [1.82, 2.24) is 9.80 Å². The summed E-state index contributed by atoms with van der Waals surface area (Å²) in [4.78, 5) is 28.0. The van der Waals surface area contributed by atoms with Crippen LogP contribution in [0.15, 0.2) is 24.3 Å². The van der Waals surface area contributed by atoms with Crippen LogP contribution in [-0.4, -0.2) is 65.7 Å². The van der Waals surface area contributed by atoms with Crippen molar-refractivity contribution in [3.8, 4) is 0 Å². The minimum Gasteiger partial charge on any atom is -0.481 e. The zero-order chi connectivity index (χ0) is 20.3. The van der Waals surface area contributed by atoms with Crippen molar-refractivity contribution in [1.29, 1.82) is 0 Å². The number of nitrogens with zero attached hydrogens (tertiary/aromatic N) is 2. The first-order chi connectivity index (χ1) is 13.3. The van der Waals surface area contributed by atoms with Crippen molar-refractivity contribution < 1.29 is 23.8 Å². The van der Waals surface area contributed by atoms with Gasteiger partial charge in [-0.1, -0.05) is 18.2 Å². The van der Waals surface area contributed by atoms with Crippen molar-refractivity contribution in [2.45, 2.75) is 39.3 Å². The molecule has 6 nitrogen and oxygen atoms in total. The van der Waals surface area contributed by atoms with E-state index >= 15 is 0 Å². The highest BCUT2D eigenvalue weighted by atomic mass is 19.1. The van der Waals surface area contributed by atoms with Crippen molar-refractivity contribution in [2.75, 3.05) is 32.8 Å². The van der Waals surface area contributed by atoms with E-state index in [4.69, 9.17) is 4.74 Å². The molecule has 1 spiro atoms. The van der Waals surface area contributed by atoms with Gasteiger partial charge in [0.1, 0.15) is 12.4 Å². The molecule has 0 bridgehead atoms. The molecule has 0 aliphatic carbocycles. The van der Waals surface area contributed by atoms with Crippen molar-refractivity contribution in [3.63, 3.8) is 0 Å². The minimum absolute atomic E-state index is 0.00162. The molecule has 2 aliphatic rings. The summed E-state index contributed by atoms with van der Waals surface area (Å²) in [5.74, 6) is -1.61. The van der Waals surface area contributed by atoms with E-state index in [1.165, 1.54) is 6.07 Å². The standard InChI is InChI=1S/C21H29FN2O4/c1-15(2)28-13-19(25)24-9-7-21(8-10-24)14-23(12-17(21)20(26)27)11-16-5-3-4-6-18(16)22/h3-6,15,17H,7-14H2,1-2H3,(H,26,27). The van der Waals surface area contributed by atoms with E-state index in [0.29, 0.717) is 51.1 Å². The maximum atomic E-state index is 14.0. The molecule has 1 N–H and O–H groups in total. The van der Waals surface area contributed by atoms with Crippen LogP contribution in [0.5, 0.6) is 0 Å². The Morgan fingerprint density at radius 3 is 2.57 bits per heavy atom. The molecule has 7 heteroatoms. The van der Waals surface area contributed by atoms with Crippen molar-refractivity contribution in [3.05, 3.63) is 35.6 Å². The minimum atomic E-state index is -0.807. The average Bonchev–Trinajstić information content (AvgIpc) is 3.00. The normalized spacial score (nSPS) is 22.1. The third-order valence-corrected chi connectivity index (χ3v) is 6.02. The molecule has 0 aromatic heterocycles. The molecule has 3 rings (SSSR count). The number of benzene rings is 1. The van der Waals surface area contributed by atoms with Crippen molar-refractivity contribution >= 4 is 11.9 Å². The van der Waals surface area contributed by atoms with Gasteiger partial charge in [0.05, 0.1) is 12.0 Å². The van der Waals surface area contributed by atoms with Gasteiger partial charge < -0.3 is 14.7 Å². The van der Waals surface area contributed by atoms with Gasteiger partial charge in [0.15, 0.2) is 0 Å². The summed E-state index contributed by atoms with van der Waals surface area (Å²) in [5, 5.41) is 9.79. The Morgan fingerprint density at radius 2 is 1.96 bits per heavy atom. The maximum absolute atomic E-state index is 14.0. The zero-order valence-corrected chi connectivity index (χ0v) is 16.6. The van der Waals surface area contributed by atoms with Crippen LogP contribution in [0, 0.1) is 17.2 Å². The quantitative estimate of drug-likeness (QED) is 0.805. The molecule has 154 valence electrons. The predicted octanol–water partition coefficient (Wildman–Crippen LogP) is 2.38. The number of halogens is 1. The highest BCUT2D eigenvalue weighted by Gasteiger charge is 2.51. The molecule has 1 amide bonds. The number of hydrogen-bond acceptors (Lipinski definition) is 4. The summed E-state index contributed by atoms with van der Waals surface area (Å²) < 4.78 is 19.4. The number of aliphatic carboxylic acids is 1. The van der Waals surface area contributed by atoms with E-state index in [0.717, 1.165) is 0 Å². The first-order valence-electron chi connectivity index (χ1n) is 9.89. The Morgan fingerprint density at radius 1 is 1.29 bits per heavy atom. The number of carboxylic acids is 1. The molecule has 0 saturated carbocycles. The number of carbonyl (C=O) groups is 2. The van der Waals surface area contributed by atoms with Crippen LogP contribution >= 0.6 is 0 Å². The largest absolute Gasteiger partial charge is 0.481 e. The molecule has 2 aliphatic heterocycles. The van der Waals surface area contributed by atoms with Gasteiger partial charge in [-0.3, -0.25) is 14.5 Å². The number of likely N-dealkylation sites (tertiary alicyclic amines) is 2. The molecular weight excluding hydrogens is 363 g/mol. The molecule has 28 heavy (non-hydrogen) atoms. The number of ether oxygens (including phenoxy) is 1. The predicted molar refractivity (Wildman–Crippen MR) is 102 cm³/mol. The van der Waals surface area contributed by atoms with E-state index in [1.807, 2.05) is 18.7 Å². The van der Waals surface area contributed by atoms with Gasteiger partial charge in [0.2, 0.25) is 5.91 Å². The van der Waals surface area contributed by atoms with Crippen molar-refractivity contribution in [2.24, 2.45) is 11.3 Å². The second-order valence-corrected chi connectivity index (χ2v) is 8.25.